The van der Waals surface area contributed by atoms with Crippen LogP contribution in [0, 0.1) is 11.3 Å². The van der Waals surface area contributed by atoms with Crippen molar-refractivity contribution in [2.45, 2.75) is 23.8 Å². The maximum Gasteiger partial charge on any atom is 0.252 e. The molecule has 0 spiro atoms. The third-order valence-electron chi connectivity index (χ3n) is 6.27. The van der Waals surface area contributed by atoms with Crippen molar-refractivity contribution in [2.24, 2.45) is 0 Å². The van der Waals surface area contributed by atoms with Gasteiger partial charge in [-0.15, -0.1) is 0 Å². The zero-order chi connectivity index (χ0) is 28.3. The van der Waals surface area contributed by atoms with Crippen molar-refractivity contribution in [3.05, 3.63) is 81.8 Å². The summed E-state index contributed by atoms with van der Waals surface area (Å²) in [5, 5.41) is 9.13. The molecular weight excluding hydrogens is 565 g/mol. The fourth-order valence-electron chi connectivity index (χ4n) is 4.32. The van der Waals surface area contributed by atoms with Crippen molar-refractivity contribution in [1.82, 2.24) is 4.31 Å². The third-order valence-corrected chi connectivity index (χ3v) is 8.90. The fourth-order valence-corrected chi connectivity index (χ4v) is 6.64. The summed E-state index contributed by atoms with van der Waals surface area (Å²) < 4.78 is 39.5. The number of carbonyl (C=O) groups is 2. The summed E-state index contributed by atoms with van der Waals surface area (Å²) in [6.07, 6.45) is -0.186. The lowest BCUT2D eigenvalue weighted by Crippen LogP contribution is -2.46. The molecule has 0 aromatic heterocycles. The van der Waals surface area contributed by atoms with Crippen LogP contribution in [0.2, 0.25) is 10.0 Å². The van der Waals surface area contributed by atoms with Gasteiger partial charge in [0.15, 0.2) is 11.5 Å². The summed E-state index contributed by atoms with van der Waals surface area (Å²) in [5.41, 5.74) is 1.31. The van der Waals surface area contributed by atoms with Gasteiger partial charge < -0.3 is 9.47 Å². The molecule has 0 bridgehead atoms. The summed E-state index contributed by atoms with van der Waals surface area (Å²) in [4.78, 5) is 27.2. The van der Waals surface area contributed by atoms with Crippen molar-refractivity contribution >= 4 is 50.7 Å². The lowest BCUT2D eigenvalue weighted by molar-refractivity contribution is -0.122. The van der Waals surface area contributed by atoms with Crippen LogP contribution in [-0.2, 0) is 26.0 Å². The lowest BCUT2D eigenvalue weighted by Gasteiger charge is -2.27. The molecule has 0 N–H and O–H groups in total. The highest BCUT2D eigenvalue weighted by molar-refractivity contribution is 7.89. The Kier molecular flexibility index (Phi) is 8.47. The molecule has 12 heteroatoms. The highest BCUT2D eigenvalue weighted by Gasteiger charge is 2.47. The maximum absolute atomic E-state index is 13.9. The summed E-state index contributed by atoms with van der Waals surface area (Å²) in [6.45, 7) is -0.147. The number of halogens is 2. The first kappa shape index (κ1) is 28.4. The number of hydrogen-bond donors (Lipinski definition) is 0. The van der Waals surface area contributed by atoms with Crippen LogP contribution in [-0.4, -0.2) is 51.3 Å². The van der Waals surface area contributed by atoms with E-state index in [1.54, 1.807) is 18.2 Å². The van der Waals surface area contributed by atoms with Crippen LogP contribution in [0.3, 0.4) is 0 Å². The molecular formula is C27H23Cl2N3O6S. The summed E-state index contributed by atoms with van der Waals surface area (Å²) in [6, 6.07) is 15.7. The van der Waals surface area contributed by atoms with Crippen LogP contribution in [0.4, 0.5) is 5.69 Å². The largest absolute Gasteiger partial charge is 0.493 e. The Bertz CT molecular complexity index is 1570. The number of sulfonamides is 1. The number of ether oxygens (including phenoxy) is 2. The van der Waals surface area contributed by atoms with E-state index in [2.05, 4.69) is 0 Å². The predicted molar refractivity (Wildman–Crippen MR) is 146 cm³/mol. The molecule has 4 rings (SSSR count). The van der Waals surface area contributed by atoms with Gasteiger partial charge >= 0.3 is 0 Å². The topological polar surface area (TPSA) is 117 Å². The average molecular weight is 588 g/mol. The monoisotopic (exact) mass is 587 g/mol. The minimum Gasteiger partial charge on any atom is -0.493 e. The van der Waals surface area contributed by atoms with Crippen LogP contribution in [0.5, 0.6) is 11.5 Å². The smallest absolute Gasteiger partial charge is 0.252 e. The van der Waals surface area contributed by atoms with E-state index >= 15 is 0 Å². The van der Waals surface area contributed by atoms with Crippen LogP contribution in [0.25, 0.3) is 0 Å². The molecule has 9 nitrogen and oxygen atoms in total. The SMILES string of the molecule is COc1ccc(CCN(C2CC(=O)N(c3ccc(C#N)cc3)C2=O)S(=O)(=O)c2cc(Cl)ccc2Cl)cc1OC. The van der Waals surface area contributed by atoms with Crippen molar-refractivity contribution in [3.63, 3.8) is 0 Å². The van der Waals surface area contributed by atoms with Crippen molar-refractivity contribution < 1.29 is 27.5 Å². The molecule has 1 fully saturated rings. The first-order valence-corrected chi connectivity index (χ1v) is 13.8. The molecule has 202 valence electrons. The van der Waals surface area contributed by atoms with Crippen molar-refractivity contribution in [2.75, 3.05) is 25.7 Å². The second-order valence-corrected chi connectivity index (χ2v) is 11.3. The van der Waals surface area contributed by atoms with Crippen LogP contribution < -0.4 is 14.4 Å². The quantitative estimate of drug-likeness (QED) is 0.339. The number of nitrogens with zero attached hydrogens (tertiary/aromatic N) is 3. The highest BCUT2D eigenvalue weighted by atomic mass is 35.5. The first-order chi connectivity index (χ1) is 18.6. The molecule has 1 heterocycles. The molecule has 1 unspecified atom stereocenters. The molecule has 1 saturated heterocycles. The van der Waals surface area contributed by atoms with Gasteiger partial charge in [-0.1, -0.05) is 29.3 Å². The zero-order valence-corrected chi connectivity index (χ0v) is 23.3. The molecule has 39 heavy (non-hydrogen) atoms. The Morgan fingerprint density at radius 1 is 1.00 bits per heavy atom. The predicted octanol–water partition coefficient (Wildman–Crippen LogP) is 4.45. The van der Waals surface area contributed by atoms with Gasteiger partial charge in [-0.3, -0.25) is 9.59 Å². The Hall–Kier alpha value is -3.62. The number of amides is 2. The van der Waals surface area contributed by atoms with Gasteiger partial charge in [-0.25, -0.2) is 13.3 Å². The van der Waals surface area contributed by atoms with Crippen LogP contribution in [0.15, 0.2) is 65.6 Å². The summed E-state index contributed by atoms with van der Waals surface area (Å²) in [7, 11) is -1.40. The lowest BCUT2D eigenvalue weighted by atomic mass is 10.1. The van der Waals surface area contributed by atoms with Gasteiger partial charge in [0.1, 0.15) is 10.9 Å². The number of anilines is 1. The van der Waals surface area contributed by atoms with Crippen LogP contribution in [0.1, 0.15) is 17.5 Å². The van der Waals surface area contributed by atoms with E-state index in [0.717, 1.165) is 9.21 Å². The van der Waals surface area contributed by atoms with E-state index < -0.39 is 27.9 Å². The van der Waals surface area contributed by atoms with Gasteiger partial charge in [0.05, 0.1) is 43.0 Å². The van der Waals surface area contributed by atoms with E-state index in [1.165, 1.54) is 56.7 Å². The maximum atomic E-state index is 13.9. The number of benzene rings is 3. The van der Waals surface area contributed by atoms with Gasteiger partial charge in [0, 0.05) is 11.6 Å². The van der Waals surface area contributed by atoms with Crippen molar-refractivity contribution in [3.8, 4) is 17.6 Å². The minimum atomic E-state index is -4.39. The molecule has 1 atom stereocenters. The van der Waals surface area contributed by atoms with E-state index in [9.17, 15) is 18.0 Å². The molecule has 3 aromatic rings. The molecule has 0 saturated carbocycles. The van der Waals surface area contributed by atoms with E-state index in [-0.39, 0.29) is 40.0 Å². The Morgan fingerprint density at radius 2 is 1.69 bits per heavy atom. The Labute approximate surface area is 236 Å². The normalized spacial score (nSPS) is 15.5. The number of rotatable bonds is 9. The van der Waals surface area contributed by atoms with Gasteiger partial charge in [-0.05, 0) is 66.6 Å². The second kappa shape index (κ2) is 11.6. The summed E-state index contributed by atoms with van der Waals surface area (Å²) in [5.74, 6) is -0.315. The third kappa shape index (κ3) is 5.72. The summed E-state index contributed by atoms with van der Waals surface area (Å²) >= 11 is 12.3. The first-order valence-electron chi connectivity index (χ1n) is 11.7. The van der Waals surface area contributed by atoms with Crippen molar-refractivity contribution in [1.29, 1.82) is 5.26 Å². The number of hydrogen-bond acceptors (Lipinski definition) is 7. The molecule has 0 radical (unpaired) electrons. The standard InChI is InChI=1S/C27H23Cl2N3O6S/c1-37-23-10-5-17(13-24(23)38-2)11-12-31(39(35,36)25-14-19(28)6-9-21(25)29)22-15-26(33)32(27(22)34)20-7-3-18(16-30)4-8-20/h3-10,13-14,22H,11-12,15H2,1-2H3. The number of carbonyl (C=O) groups excluding carboxylic acids is 2. The molecule has 3 aromatic carbocycles. The van der Waals surface area contributed by atoms with Gasteiger partial charge in [0.2, 0.25) is 15.9 Å². The van der Waals surface area contributed by atoms with E-state index in [1.807, 2.05) is 6.07 Å². The van der Waals surface area contributed by atoms with Crippen LogP contribution >= 0.6 is 23.2 Å². The second-order valence-electron chi connectivity index (χ2n) is 8.58. The molecule has 2 amide bonds. The highest BCUT2D eigenvalue weighted by Crippen LogP contribution is 2.34. The molecule has 0 aliphatic carbocycles. The van der Waals surface area contributed by atoms with Gasteiger partial charge in [0.25, 0.3) is 5.91 Å². The van der Waals surface area contributed by atoms with E-state index in [4.69, 9.17) is 37.9 Å². The Balaban J connectivity index is 1.73. The average Bonchev–Trinajstić information content (AvgIpc) is 3.22. The minimum absolute atomic E-state index is 0.0729. The zero-order valence-electron chi connectivity index (χ0n) is 20.9. The number of nitriles is 1. The fraction of sp³-hybridized carbons (Fsp3) is 0.222. The molecule has 1 aliphatic heterocycles. The van der Waals surface area contributed by atoms with Gasteiger partial charge in [-0.2, -0.15) is 9.57 Å². The number of imide groups is 1. The van der Waals surface area contributed by atoms with E-state index in [0.29, 0.717) is 22.6 Å². The number of methoxy groups -OCH3 is 2. The molecule has 1 aliphatic rings. The Morgan fingerprint density at radius 3 is 2.33 bits per heavy atom.